The number of nitrogens with one attached hydrogen (secondary N) is 1. The Morgan fingerprint density at radius 3 is 2.35 bits per heavy atom. The van der Waals surface area contributed by atoms with Gasteiger partial charge in [-0.15, -0.1) is 0 Å². The summed E-state index contributed by atoms with van der Waals surface area (Å²) in [6.45, 7) is 2.98. The minimum absolute atomic E-state index is 0.0998. The molecule has 0 unspecified atom stereocenters. The van der Waals surface area contributed by atoms with Crippen LogP contribution in [0.15, 0.2) is 24.3 Å². The Hall–Kier alpha value is -1.40. The van der Waals surface area contributed by atoms with Crippen molar-refractivity contribution in [1.82, 2.24) is 4.90 Å². The van der Waals surface area contributed by atoms with E-state index in [1.807, 2.05) is 0 Å². The number of Topliss-reactive ketones (excluding diaryl/α,β-unsaturated/α-hetero) is 1. The molecule has 0 atom stereocenters. The van der Waals surface area contributed by atoms with Crippen LogP contribution in [0.5, 0.6) is 0 Å². The topological polar surface area (TPSA) is 66.5 Å². The molecule has 0 radical (unpaired) electrons. The molecule has 0 amide bonds. The van der Waals surface area contributed by atoms with Gasteiger partial charge in [-0.05, 0) is 50.2 Å². The van der Waals surface area contributed by atoms with Gasteiger partial charge < -0.3 is 4.90 Å². The second kappa shape index (κ2) is 6.37. The smallest absolute Gasteiger partial charge is 0.229 e. The Balaban J connectivity index is 1.90. The first-order valence-corrected chi connectivity index (χ1v) is 8.66. The van der Waals surface area contributed by atoms with E-state index < -0.39 is 10.0 Å². The first kappa shape index (κ1) is 15.0. The van der Waals surface area contributed by atoms with Crippen LogP contribution >= 0.6 is 0 Å². The van der Waals surface area contributed by atoms with Gasteiger partial charge in [-0.1, -0.05) is 0 Å². The van der Waals surface area contributed by atoms with Crippen molar-refractivity contribution in [2.24, 2.45) is 0 Å². The zero-order valence-corrected chi connectivity index (χ0v) is 12.4. The molecule has 1 N–H and O–H groups in total. The lowest BCUT2D eigenvalue weighted by Crippen LogP contribution is -2.22. The summed E-state index contributed by atoms with van der Waals surface area (Å²) in [7, 11) is -3.27. The molecule has 1 aliphatic rings. The maximum Gasteiger partial charge on any atom is 0.229 e. The molecule has 2 rings (SSSR count). The van der Waals surface area contributed by atoms with Crippen LogP contribution in [0.4, 0.5) is 5.69 Å². The highest BCUT2D eigenvalue weighted by Crippen LogP contribution is 2.13. The molecule has 6 heteroatoms. The van der Waals surface area contributed by atoms with Gasteiger partial charge >= 0.3 is 0 Å². The van der Waals surface area contributed by atoms with Crippen molar-refractivity contribution in [2.75, 3.05) is 30.6 Å². The van der Waals surface area contributed by atoms with Gasteiger partial charge in [0, 0.05) is 24.2 Å². The van der Waals surface area contributed by atoms with Crippen LogP contribution in [0.2, 0.25) is 0 Å². The molecular weight excluding hydrogens is 276 g/mol. The Labute approximate surface area is 120 Å². The summed E-state index contributed by atoms with van der Waals surface area (Å²) in [6.07, 6.45) is 4.06. The molecule has 1 saturated heterocycles. The first-order chi connectivity index (χ1) is 9.44. The lowest BCUT2D eigenvalue weighted by Gasteiger charge is -2.13. The lowest BCUT2D eigenvalue weighted by atomic mass is 10.1. The summed E-state index contributed by atoms with van der Waals surface area (Å²) in [5.74, 6) is 0.0998. The average molecular weight is 296 g/mol. The third kappa shape index (κ3) is 4.61. The summed E-state index contributed by atoms with van der Waals surface area (Å²) < 4.78 is 24.5. The average Bonchev–Trinajstić information content (AvgIpc) is 2.88. The molecule has 20 heavy (non-hydrogen) atoms. The highest BCUT2D eigenvalue weighted by atomic mass is 32.2. The molecule has 0 saturated carbocycles. The number of nitrogens with zero attached hydrogens (tertiary/aromatic N) is 1. The van der Waals surface area contributed by atoms with E-state index in [1.165, 1.54) is 12.8 Å². The predicted molar refractivity (Wildman–Crippen MR) is 79.5 cm³/mol. The normalized spacial score (nSPS) is 16.2. The van der Waals surface area contributed by atoms with Crippen LogP contribution in [0.1, 0.15) is 29.6 Å². The summed E-state index contributed by atoms with van der Waals surface area (Å²) in [5, 5.41) is 0. The highest BCUT2D eigenvalue weighted by Gasteiger charge is 2.13. The molecule has 110 valence electrons. The van der Waals surface area contributed by atoms with Crippen molar-refractivity contribution in [3.8, 4) is 0 Å². The van der Waals surface area contributed by atoms with Crippen LogP contribution in [-0.2, 0) is 10.0 Å². The third-order valence-corrected chi connectivity index (χ3v) is 3.97. The number of carbonyl (C=O) groups excluding carboxylic acids is 1. The Bertz CT molecular complexity index is 561. The second-order valence-corrected chi connectivity index (χ2v) is 6.92. The third-order valence-electron chi connectivity index (χ3n) is 3.36. The van der Waals surface area contributed by atoms with E-state index in [-0.39, 0.29) is 5.78 Å². The van der Waals surface area contributed by atoms with E-state index >= 15 is 0 Å². The van der Waals surface area contributed by atoms with Crippen molar-refractivity contribution in [3.05, 3.63) is 29.8 Å². The molecule has 0 bridgehead atoms. The van der Waals surface area contributed by atoms with E-state index in [0.717, 1.165) is 25.9 Å². The van der Waals surface area contributed by atoms with Crippen LogP contribution in [0, 0.1) is 0 Å². The highest BCUT2D eigenvalue weighted by molar-refractivity contribution is 7.92. The summed E-state index contributed by atoms with van der Waals surface area (Å²) in [5.41, 5.74) is 1.10. The molecule has 0 aliphatic carbocycles. The maximum atomic E-state index is 12.0. The van der Waals surface area contributed by atoms with E-state index in [9.17, 15) is 13.2 Å². The monoisotopic (exact) mass is 296 g/mol. The second-order valence-electron chi connectivity index (χ2n) is 5.17. The zero-order chi connectivity index (χ0) is 14.6. The molecule has 1 aliphatic heterocycles. The number of carbonyl (C=O) groups is 1. The fraction of sp³-hybridized carbons (Fsp3) is 0.500. The number of ketones is 1. The number of benzene rings is 1. The van der Waals surface area contributed by atoms with Crippen LogP contribution < -0.4 is 4.72 Å². The van der Waals surface area contributed by atoms with Gasteiger partial charge in [-0.25, -0.2) is 8.42 Å². The molecule has 1 heterocycles. The van der Waals surface area contributed by atoms with Gasteiger partial charge in [0.25, 0.3) is 0 Å². The van der Waals surface area contributed by atoms with Gasteiger partial charge in [0.05, 0.1) is 6.26 Å². The van der Waals surface area contributed by atoms with Crippen molar-refractivity contribution in [1.29, 1.82) is 0 Å². The fourth-order valence-electron chi connectivity index (χ4n) is 2.35. The number of sulfonamides is 1. The summed E-state index contributed by atoms with van der Waals surface area (Å²) in [6, 6.07) is 6.56. The van der Waals surface area contributed by atoms with E-state index in [2.05, 4.69) is 9.62 Å². The predicted octanol–water partition coefficient (Wildman–Crippen LogP) is 1.73. The molecule has 0 spiro atoms. The van der Waals surface area contributed by atoms with Gasteiger partial charge in [-0.2, -0.15) is 0 Å². The minimum Gasteiger partial charge on any atom is -0.303 e. The fourth-order valence-corrected chi connectivity index (χ4v) is 2.91. The van der Waals surface area contributed by atoms with Crippen molar-refractivity contribution < 1.29 is 13.2 Å². The summed E-state index contributed by atoms with van der Waals surface area (Å²) in [4.78, 5) is 14.3. The van der Waals surface area contributed by atoms with E-state index in [1.54, 1.807) is 24.3 Å². The van der Waals surface area contributed by atoms with Gasteiger partial charge in [0.2, 0.25) is 10.0 Å². The van der Waals surface area contributed by atoms with Gasteiger partial charge in [0.1, 0.15) is 0 Å². The SMILES string of the molecule is CS(=O)(=O)Nc1ccc(C(=O)CCN2CCCC2)cc1. The largest absolute Gasteiger partial charge is 0.303 e. The van der Waals surface area contributed by atoms with Crippen LogP contribution in [0.3, 0.4) is 0 Å². The van der Waals surface area contributed by atoms with Crippen molar-refractivity contribution >= 4 is 21.5 Å². The number of likely N-dealkylation sites (tertiary alicyclic amines) is 1. The minimum atomic E-state index is -3.27. The zero-order valence-electron chi connectivity index (χ0n) is 11.6. The van der Waals surface area contributed by atoms with Crippen LogP contribution in [0.25, 0.3) is 0 Å². The van der Waals surface area contributed by atoms with E-state index in [4.69, 9.17) is 0 Å². The first-order valence-electron chi connectivity index (χ1n) is 6.77. The van der Waals surface area contributed by atoms with Crippen molar-refractivity contribution in [3.63, 3.8) is 0 Å². The lowest BCUT2D eigenvalue weighted by molar-refractivity contribution is 0.0969. The quantitative estimate of drug-likeness (QED) is 0.812. The molecule has 1 fully saturated rings. The van der Waals surface area contributed by atoms with Gasteiger partial charge in [-0.3, -0.25) is 9.52 Å². The molecule has 0 aromatic heterocycles. The molecule has 1 aromatic carbocycles. The Kier molecular flexibility index (Phi) is 4.77. The van der Waals surface area contributed by atoms with Crippen molar-refractivity contribution in [2.45, 2.75) is 19.3 Å². The number of hydrogen-bond donors (Lipinski definition) is 1. The molecule has 5 nitrogen and oxygen atoms in total. The Morgan fingerprint density at radius 2 is 1.80 bits per heavy atom. The molecular formula is C14H20N2O3S. The molecule has 1 aromatic rings. The van der Waals surface area contributed by atoms with Gasteiger partial charge in [0.15, 0.2) is 5.78 Å². The summed E-state index contributed by atoms with van der Waals surface area (Å²) >= 11 is 0. The van der Waals surface area contributed by atoms with Crippen LogP contribution in [-0.4, -0.2) is 45.0 Å². The standard InChI is InChI=1S/C14H20N2O3S/c1-20(18,19)15-13-6-4-12(5-7-13)14(17)8-11-16-9-2-3-10-16/h4-7,15H,2-3,8-11H2,1H3. The number of anilines is 1. The number of hydrogen-bond acceptors (Lipinski definition) is 4. The van der Waals surface area contributed by atoms with E-state index in [0.29, 0.717) is 17.7 Å². The number of rotatable bonds is 6. The Morgan fingerprint density at radius 1 is 1.20 bits per heavy atom. The maximum absolute atomic E-state index is 12.0.